The summed E-state index contributed by atoms with van der Waals surface area (Å²) in [4.78, 5) is 32.4. The van der Waals surface area contributed by atoms with Crippen molar-refractivity contribution in [3.8, 4) is 5.75 Å². The molecule has 7 heteroatoms. The number of likely N-dealkylation sites (tertiary alicyclic amines) is 1. The number of methoxy groups -OCH3 is 1. The highest BCUT2D eigenvalue weighted by Gasteiger charge is 2.34. The fourth-order valence-electron chi connectivity index (χ4n) is 5.18. The maximum Gasteiger partial charge on any atom is 0.257 e. The first-order valence-electron chi connectivity index (χ1n) is 11.2. The standard InChI is InChI=1S/C23H32ClN3O3/c1-30-21-7-6-18(24)16-20(21)23(29)26-10-8-17(9-11-26)22(28)27-14-12-25(13-15-27)19-4-2-3-5-19/h6-7,16-17,19H,2-5,8-15H2,1H3. The highest BCUT2D eigenvalue weighted by molar-refractivity contribution is 6.31. The van der Waals surface area contributed by atoms with Crippen LogP contribution in [0.15, 0.2) is 18.2 Å². The summed E-state index contributed by atoms with van der Waals surface area (Å²) >= 11 is 6.08. The molecule has 1 saturated carbocycles. The molecule has 0 bridgehead atoms. The van der Waals surface area contributed by atoms with E-state index >= 15 is 0 Å². The summed E-state index contributed by atoms with van der Waals surface area (Å²) in [6.45, 7) is 4.87. The highest BCUT2D eigenvalue weighted by Crippen LogP contribution is 2.28. The molecule has 30 heavy (non-hydrogen) atoms. The quantitative estimate of drug-likeness (QED) is 0.731. The smallest absolute Gasteiger partial charge is 0.257 e. The van der Waals surface area contributed by atoms with Gasteiger partial charge in [-0.1, -0.05) is 24.4 Å². The largest absolute Gasteiger partial charge is 0.496 e. The number of piperazine rings is 1. The third-order valence-electron chi connectivity index (χ3n) is 6.99. The molecule has 6 nitrogen and oxygen atoms in total. The monoisotopic (exact) mass is 433 g/mol. The highest BCUT2D eigenvalue weighted by atomic mass is 35.5. The van der Waals surface area contributed by atoms with E-state index in [0.717, 1.165) is 45.1 Å². The third-order valence-corrected chi connectivity index (χ3v) is 7.23. The van der Waals surface area contributed by atoms with Crippen LogP contribution in [0.5, 0.6) is 5.75 Å². The SMILES string of the molecule is COc1ccc(Cl)cc1C(=O)N1CCC(C(=O)N2CCN(C3CCCC3)CC2)CC1. The Morgan fingerprint density at radius 1 is 0.933 bits per heavy atom. The van der Waals surface area contributed by atoms with E-state index in [4.69, 9.17) is 16.3 Å². The van der Waals surface area contributed by atoms with Crippen LogP contribution in [0, 0.1) is 5.92 Å². The molecule has 1 aromatic rings. The fourth-order valence-corrected chi connectivity index (χ4v) is 5.35. The third kappa shape index (κ3) is 4.59. The minimum Gasteiger partial charge on any atom is -0.496 e. The first kappa shape index (κ1) is 21.4. The molecule has 1 aliphatic carbocycles. The molecule has 3 aliphatic rings. The van der Waals surface area contributed by atoms with Crippen molar-refractivity contribution in [1.29, 1.82) is 0 Å². The Morgan fingerprint density at radius 3 is 2.23 bits per heavy atom. The van der Waals surface area contributed by atoms with Gasteiger partial charge in [0.1, 0.15) is 5.75 Å². The molecule has 2 aliphatic heterocycles. The number of hydrogen-bond donors (Lipinski definition) is 0. The molecule has 0 aromatic heterocycles. The van der Waals surface area contributed by atoms with Crippen molar-refractivity contribution in [1.82, 2.24) is 14.7 Å². The number of hydrogen-bond acceptors (Lipinski definition) is 4. The van der Waals surface area contributed by atoms with E-state index in [0.29, 0.717) is 29.4 Å². The predicted octanol–water partition coefficient (Wildman–Crippen LogP) is 3.29. The van der Waals surface area contributed by atoms with Gasteiger partial charge < -0.3 is 14.5 Å². The second-order valence-electron chi connectivity index (χ2n) is 8.71. The predicted molar refractivity (Wildman–Crippen MR) is 117 cm³/mol. The topological polar surface area (TPSA) is 53.1 Å². The summed E-state index contributed by atoms with van der Waals surface area (Å²) in [5.74, 6) is 0.745. The Balaban J connectivity index is 1.29. The van der Waals surface area contributed by atoms with Crippen LogP contribution in [0.1, 0.15) is 48.9 Å². The average Bonchev–Trinajstić information content (AvgIpc) is 3.33. The van der Waals surface area contributed by atoms with Gasteiger partial charge in [-0.3, -0.25) is 14.5 Å². The van der Waals surface area contributed by atoms with Crippen molar-refractivity contribution in [2.75, 3.05) is 46.4 Å². The van der Waals surface area contributed by atoms with Gasteiger partial charge in [0.05, 0.1) is 12.7 Å². The van der Waals surface area contributed by atoms with Crippen LogP contribution in [0.2, 0.25) is 5.02 Å². The zero-order valence-corrected chi connectivity index (χ0v) is 18.6. The number of nitrogens with zero attached hydrogens (tertiary/aromatic N) is 3. The Labute approximate surface area is 184 Å². The molecule has 4 rings (SSSR count). The first-order valence-corrected chi connectivity index (χ1v) is 11.6. The normalized spacial score (nSPS) is 21.8. The number of carbonyl (C=O) groups is 2. The number of amides is 2. The van der Waals surface area contributed by atoms with Crippen LogP contribution in [-0.4, -0.2) is 78.9 Å². The molecule has 0 N–H and O–H groups in total. The number of carbonyl (C=O) groups excluding carboxylic acids is 2. The molecule has 0 atom stereocenters. The zero-order chi connectivity index (χ0) is 21.1. The van der Waals surface area contributed by atoms with E-state index in [1.54, 1.807) is 25.3 Å². The van der Waals surface area contributed by atoms with Gasteiger partial charge >= 0.3 is 0 Å². The van der Waals surface area contributed by atoms with Crippen LogP contribution in [-0.2, 0) is 4.79 Å². The van der Waals surface area contributed by atoms with Gasteiger partial charge in [-0.15, -0.1) is 0 Å². The number of ether oxygens (including phenoxy) is 1. The molecule has 1 aromatic carbocycles. The molecular formula is C23H32ClN3O3. The van der Waals surface area contributed by atoms with Crippen LogP contribution >= 0.6 is 11.6 Å². The van der Waals surface area contributed by atoms with Crippen molar-refractivity contribution in [2.45, 2.75) is 44.6 Å². The second kappa shape index (κ2) is 9.56. The van der Waals surface area contributed by atoms with Crippen molar-refractivity contribution in [3.63, 3.8) is 0 Å². The molecule has 0 unspecified atom stereocenters. The Morgan fingerprint density at radius 2 is 1.60 bits per heavy atom. The zero-order valence-electron chi connectivity index (χ0n) is 17.8. The van der Waals surface area contributed by atoms with E-state index in [2.05, 4.69) is 4.90 Å². The first-order chi connectivity index (χ1) is 14.6. The Hall–Kier alpha value is -1.79. The van der Waals surface area contributed by atoms with Gasteiger partial charge in [-0.05, 0) is 43.9 Å². The lowest BCUT2D eigenvalue weighted by molar-refractivity contribution is -0.139. The summed E-state index contributed by atoms with van der Waals surface area (Å²) in [5, 5.41) is 0.515. The summed E-state index contributed by atoms with van der Waals surface area (Å²) in [5.41, 5.74) is 0.484. The van der Waals surface area contributed by atoms with Crippen molar-refractivity contribution >= 4 is 23.4 Å². The van der Waals surface area contributed by atoms with Crippen LogP contribution in [0.25, 0.3) is 0 Å². The number of piperidine rings is 1. The van der Waals surface area contributed by atoms with E-state index in [1.165, 1.54) is 25.7 Å². The second-order valence-corrected chi connectivity index (χ2v) is 9.15. The average molecular weight is 434 g/mol. The molecule has 0 radical (unpaired) electrons. The van der Waals surface area contributed by atoms with Crippen LogP contribution < -0.4 is 4.74 Å². The lowest BCUT2D eigenvalue weighted by atomic mass is 9.94. The molecule has 2 saturated heterocycles. The summed E-state index contributed by atoms with van der Waals surface area (Å²) in [6.07, 6.45) is 6.77. The van der Waals surface area contributed by atoms with Gasteiger partial charge in [0.25, 0.3) is 5.91 Å². The van der Waals surface area contributed by atoms with Gasteiger partial charge in [0.2, 0.25) is 5.91 Å². The number of rotatable bonds is 4. The summed E-state index contributed by atoms with van der Waals surface area (Å²) in [6, 6.07) is 5.83. The van der Waals surface area contributed by atoms with Crippen LogP contribution in [0.3, 0.4) is 0 Å². The molecule has 3 fully saturated rings. The molecule has 0 spiro atoms. The van der Waals surface area contributed by atoms with Crippen LogP contribution in [0.4, 0.5) is 0 Å². The maximum atomic E-state index is 13.0. The van der Waals surface area contributed by atoms with E-state index in [-0.39, 0.29) is 17.7 Å². The number of benzene rings is 1. The van der Waals surface area contributed by atoms with E-state index in [1.807, 2.05) is 9.80 Å². The Kier molecular flexibility index (Phi) is 6.84. The summed E-state index contributed by atoms with van der Waals surface area (Å²) in [7, 11) is 1.55. The van der Waals surface area contributed by atoms with Gasteiger partial charge in [0.15, 0.2) is 0 Å². The number of halogens is 1. The van der Waals surface area contributed by atoms with Gasteiger partial charge in [0, 0.05) is 56.3 Å². The minimum atomic E-state index is -0.0783. The minimum absolute atomic E-state index is 0.0216. The summed E-state index contributed by atoms with van der Waals surface area (Å²) < 4.78 is 5.33. The fraction of sp³-hybridized carbons (Fsp3) is 0.652. The van der Waals surface area contributed by atoms with Gasteiger partial charge in [-0.2, -0.15) is 0 Å². The van der Waals surface area contributed by atoms with Gasteiger partial charge in [-0.25, -0.2) is 0 Å². The van der Waals surface area contributed by atoms with Crippen molar-refractivity contribution in [2.24, 2.45) is 5.92 Å². The lowest BCUT2D eigenvalue weighted by Crippen LogP contribution is -2.53. The van der Waals surface area contributed by atoms with E-state index in [9.17, 15) is 9.59 Å². The molecule has 2 heterocycles. The van der Waals surface area contributed by atoms with Crippen molar-refractivity contribution in [3.05, 3.63) is 28.8 Å². The molecular weight excluding hydrogens is 402 g/mol. The van der Waals surface area contributed by atoms with Crippen molar-refractivity contribution < 1.29 is 14.3 Å². The van der Waals surface area contributed by atoms with E-state index < -0.39 is 0 Å². The molecule has 2 amide bonds. The lowest BCUT2D eigenvalue weighted by Gasteiger charge is -2.40. The molecule has 164 valence electrons. The maximum absolute atomic E-state index is 13.0. The Bertz CT molecular complexity index is 765.